The van der Waals surface area contributed by atoms with Crippen LogP contribution in [-0.2, 0) is 19.5 Å². The fourth-order valence-electron chi connectivity index (χ4n) is 2.44. The Hall–Kier alpha value is -1.54. The number of hydrogen-bond acceptors (Lipinski definition) is 1. The van der Waals surface area contributed by atoms with Gasteiger partial charge >= 0.3 is 0 Å². The van der Waals surface area contributed by atoms with Crippen molar-refractivity contribution in [3.8, 4) is 0 Å². The molecule has 1 heterocycles. The van der Waals surface area contributed by atoms with Crippen molar-refractivity contribution < 1.29 is 0 Å². The van der Waals surface area contributed by atoms with Crippen LogP contribution >= 0.6 is 0 Å². The molecule has 0 atom stereocenters. The maximum atomic E-state index is 3.56. The smallest absolute Gasteiger partial charge is 0.0363 e. The molecule has 0 aliphatic carbocycles. The van der Waals surface area contributed by atoms with Gasteiger partial charge in [0.2, 0.25) is 0 Å². The lowest BCUT2D eigenvalue weighted by molar-refractivity contribution is 0.414. The summed E-state index contributed by atoms with van der Waals surface area (Å²) in [5.74, 6) is 0. The number of benzene rings is 1. The van der Waals surface area contributed by atoms with Crippen LogP contribution in [-0.4, -0.2) is 10.1 Å². The predicted molar refractivity (Wildman–Crippen MR) is 90.4 cm³/mol. The van der Waals surface area contributed by atoms with Crippen LogP contribution in [0.2, 0.25) is 0 Å². The Labute approximate surface area is 129 Å². The summed E-state index contributed by atoms with van der Waals surface area (Å²) in [6.45, 7) is 8.68. The summed E-state index contributed by atoms with van der Waals surface area (Å²) in [5.41, 5.74) is 2.99. The van der Waals surface area contributed by atoms with Crippen LogP contribution in [0.1, 0.15) is 44.9 Å². The van der Waals surface area contributed by atoms with Gasteiger partial charge in [0.15, 0.2) is 0 Å². The number of nitrogens with one attached hydrogen (secondary N) is 1. The molecule has 0 spiro atoms. The zero-order valence-corrected chi connectivity index (χ0v) is 13.6. The van der Waals surface area contributed by atoms with Crippen LogP contribution in [0.5, 0.6) is 0 Å². The van der Waals surface area contributed by atoms with Crippen molar-refractivity contribution in [1.82, 2.24) is 9.88 Å². The zero-order valence-electron chi connectivity index (χ0n) is 13.6. The first-order chi connectivity index (χ1) is 10.0. The zero-order chi connectivity index (χ0) is 15.1. The predicted octanol–water partition coefficient (Wildman–Crippen LogP) is 4.40. The normalized spacial score (nSPS) is 11.8. The molecule has 0 fully saturated rings. The van der Waals surface area contributed by atoms with E-state index in [1.807, 2.05) is 0 Å². The summed E-state index contributed by atoms with van der Waals surface area (Å²) in [6, 6.07) is 15.1. The summed E-state index contributed by atoms with van der Waals surface area (Å²) in [7, 11) is 0. The van der Waals surface area contributed by atoms with Gasteiger partial charge in [0.1, 0.15) is 0 Å². The van der Waals surface area contributed by atoms with Crippen LogP contribution in [0, 0.1) is 0 Å². The molecule has 0 unspecified atom stereocenters. The fourth-order valence-corrected chi connectivity index (χ4v) is 2.44. The highest BCUT2D eigenvalue weighted by Crippen LogP contribution is 2.09. The SMILES string of the molecule is CC(C)(C)NCc1cccn1CCCCc1ccccc1. The number of aromatic nitrogens is 1. The maximum Gasteiger partial charge on any atom is 0.0363 e. The van der Waals surface area contributed by atoms with Gasteiger partial charge < -0.3 is 9.88 Å². The third kappa shape index (κ3) is 5.76. The summed E-state index contributed by atoms with van der Waals surface area (Å²) in [4.78, 5) is 0. The van der Waals surface area contributed by atoms with Gasteiger partial charge in [0.25, 0.3) is 0 Å². The van der Waals surface area contributed by atoms with Gasteiger partial charge in [-0.3, -0.25) is 0 Å². The Morgan fingerprint density at radius 2 is 1.71 bits per heavy atom. The Morgan fingerprint density at radius 1 is 0.952 bits per heavy atom. The Bertz CT molecular complexity index is 520. The molecule has 1 aromatic heterocycles. The van der Waals surface area contributed by atoms with Gasteiger partial charge in [-0.1, -0.05) is 30.3 Å². The average Bonchev–Trinajstić information content (AvgIpc) is 2.89. The van der Waals surface area contributed by atoms with Crippen LogP contribution in [0.3, 0.4) is 0 Å². The lowest BCUT2D eigenvalue weighted by atomic mass is 10.1. The Balaban J connectivity index is 1.75. The molecule has 2 rings (SSSR count). The first-order valence-corrected chi connectivity index (χ1v) is 7.97. The van der Waals surface area contributed by atoms with Gasteiger partial charge in [-0.15, -0.1) is 0 Å². The third-order valence-electron chi connectivity index (χ3n) is 3.68. The first kappa shape index (κ1) is 15.8. The molecule has 1 aromatic carbocycles. The van der Waals surface area contributed by atoms with E-state index in [4.69, 9.17) is 0 Å². The molecule has 0 amide bonds. The molecule has 0 aliphatic heterocycles. The van der Waals surface area contributed by atoms with Gasteiger partial charge in [-0.05, 0) is 57.7 Å². The van der Waals surface area contributed by atoms with Crippen molar-refractivity contribution in [3.63, 3.8) is 0 Å². The van der Waals surface area contributed by atoms with Crippen LogP contribution in [0.15, 0.2) is 48.7 Å². The monoisotopic (exact) mass is 284 g/mol. The number of hydrogen-bond donors (Lipinski definition) is 1. The quantitative estimate of drug-likeness (QED) is 0.746. The maximum absolute atomic E-state index is 3.56. The van der Waals surface area contributed by atoms with Crippen LogP contribution < -0.4 is 5.32 Å². The van der Waals surface area contributed by atoms with E-state index in [2.05, 4.69) is 79.3 Å². The molecule has 0 bridgehead atoms. The van der Waals surface area contributed by atoms with E-state index < -0.39 is 0 Å². The molecule has 1 N–H and O–H groups in total. The van der Waals surface area contributed by atoms with Crippen molar-refractivity contribution >= 4 is 0 Å². The third-order valence-corrected chi connectivity index (χ3v) is 3.68. The van der Waals surface area contributed by atoms with E-state index >= 15 is 0 Å². The number of unbranched alkanes of at least 4 members (excludes halogenated alkanes) is 1. The van der Waals surface area contributed by atoms with Crippen molar-refractivity contribution in [2.75, 3.05) is 0 Å². The van der Waals surface area contributed by atoms with Crippen LogP contribution in [0.4, 0.5) is 0 Å². The summed E-state index contributed by atoms with van der Waals surface area (Å²) >= 11 is 0. The van der Waals surface area contributed by atoms with Gasteiger partial charge in [-0.25, -0.2) is 0 Å². The van der Waals surface area contributed by atoms with Crippen molar-refractivity contribution in [1.29, 1.82) is 0 Å². The highest BCUT2D eigenvalue weighted by Gasteiger charge is 2.09. The van der Waals surface area contributed by atoms with E-state index in [9.17, 15) is 0 Å². The van der Waals surface area contributed by atoms with Crippen molar-refractivity contribution in [3.05, 3.63) is 59.9 Å². The minimum atomic E-state index is 0.169. The second-order valence-electron chi connectivity index (χ2n) is 6.74. The molecule has 0 radical (unpaired) electrons. The summed E-state index contributed by atoms with van der Waals surface area (Å²) < 4.78 is 2.38. The van der Waals surface area contributed by atoms with E-state index in [0.717, 1.165) is 13.1 Å². The topological polar surface area (TPSA) is 17.0 Å². The van der Waals surface area contributed by atoms with Crippen molar-refractivity contribution in [2.45, 2.75) is 58.7 Å². The number of rotatable bonds is 7. The molecule has 0 saturated heterocycles. The molecule has 114 valence electrons. The standard InChI is InChI=1S/C19H28N2/c1-19(2,3)20-16-18-13-9-15-21(18)14-8-7-12-17-10-5-4-6-11-17/h4-6,9-11,13,15,20H,7-8,12,14,16H2,1-3H3. The highest BCUT2D eigenvalue weighted by molar-refractivity contribution is 5.14. The van der Waals surface area contributed by atoms with Gasteiger partial charge in [0.05, 0.1) is 0 Å². The fraction of sp³-hybridized carbons (Fsp3) is 0.474. The largest absolute Gasteiger partial charge is 0.350 e. The second kappa shape index (κ2) is 7.46. The Morgan fingerprint density at radius 3 is 2.43 bits per heavy atom. The molecular weight excluding hydrogens is 256 g/mol. The van der Waals surface area contributed by atoms with Gasteiger partial charge in [0, 0.05) is 30.5 Å². The molecule has 2 aromatic rings. The molecular formula is C19H28N2. The summed E-state index contributed by atoms with van der Waals surface area (Å²) in [5, 5.41) is 3.56. The first-order valence-electron chi connectivity index (χ1n) is 7.97. The lowest BCUT2D eigenvalue weighted by Gasteiger charge is -2.21. The molecule has 0 saturated carbocycles. The van der Waals surface area contributed by atoms with Crippen LogP contribution in [0.25, 0.3) is 0 Å². The molecule has 2 nitrogen and oxygen atoms in total. The molecule has 0 aliphatic rings. The highest BCUT2D eigenvalue weighted by atomic mass is 15.0. The lowest BCUT2D eigenvalue weighted by Crippen LogP contribution is -2.35. The molecule has 2 heteroatoms. The summed E-state index contributed by atoms with van der Waals surface area (Å²) in [6.07, 6.45) is 5.85. The minimum Gasteiger partial charge on any atom is -0.350 e. The van der Waals surface area contributed by atoms with E-state index in [0.29, 0.717) is 0 Å². The minimum absolute atomic E-state index is 0.169. The number of nitrogens with zero attached hydrogens (tertiary/aromatic N) is 1. The molecule has 21 heavy (non-hydrogen) atoms. The van der Waals surface area contributed by atoms with E-state index in [-0.39, 0.29) is 5.54 Å². The van der Waals surface area contributed by atoms with E-state index in [1.165, 1.54) is 30.5 Å². The van der Waals surface area contributed by atoms with Crippen molar-refractivity contribution in [2.24, 2.45) is 0 Å². The number of aryl methyl sites for hydroxylation is 2. The second-order valence-corrected chi connectivity index (χ2v) is 6.74. The average molecular weight is 284 g/mol. The Kier molecular flexibility index (Phi) is 5.63. The van der Waals surface area contributed by atoms with Gasteiger partial charge in [-0.2, -0.15) is 0 Å². The van der Waals surface area contributed by atoms with E-state index in [1.54, 1.807) is 0 Å².